The summed E-state index contributed by atoms with van der Waals surface area (Å²) in [5.74, 6) is -1.44. The highest BCUT2D eigenvalue weighted by Gasteiger charge is 2.29. The van der Waals surface area contributed by atoms with Gasteiger partial charge < -0.3 is 15.0 Å². The molecule has 1 saturated heterocycles. The number of carboxylic acid groups (broad SMARTS) is 1. The number of carboxylic acids is 1. The summed E-state index contributed by atoms with van der Waals surface area (Å²) in [5.41, 5.74) is 2.20. The number of H-pyrrole nitrogens is 1. The topological polar surface area (TPSA) is 86.3 Å². The van der Waals surface area contributed by atoms with Gasteiger partial charge in [-0.2, -0.15) is 0 Å². The molecule has 1 unspecified atom stereocenters. The van der Waals surface area contributed by atoms with E-state index in [1.165, 1.54) is 0 Å². The van der Waals surface area contributed by atoms with Crippen LogP contribution in [-0.4, -0.2) is 44.9 Å². The van der Waals surface area contributed by atoms with E-state index < -0.39 is 11.9 Å². The lowest BCUT2D eigenvalue weighted by molar-refractivity contribution is -0.143. The van der Waals surface area contributed by atoms with Gasteiger partial charge >= 0.3 is 5.97 Å². The zero-order valence-electron chi connectivity index (χ0n) is 12.2. The number of carbonyl (C=O) groups is 2. The molecule has 1 fully saturated rings. The van der Waals surface area contributed by atoms with Crippen molar-refractivity contribution in [3.63, 3.8) is 0 Å². The van der Waals surface area contributed by atoms with E-state index in [0.717, 1.165) is 22.7 Å². The molecule has 1 aliphatic heterocycles. The van der Waals surface area contributed by atoms with Crippen LogP contribution in [0, 0.1) is 12.8 Å². The average molecular weight is 319 g/mol. The number of hydrogen-bond donors (Lipinski definition) is 2. The van der Waals surface area contributed by atoms with Crippen LogP contribution >= 0.6 is 11.3 Å². The number of thiazole rings is 1. The van der Waals surface area contributed by atoms with Gasteiger partial charge in [-0.1, -0.05) is 0 Å². The van der Waals surface area contributed by atoms with Crippen molar-refractivity contribution in [2.24, 2.45) is 5.92 Å². The highest BCUT2D eigenvalue weighted by molar-refractivity contribution is 7.09. The minimum Gasteiger partial charge on any atom is -0.481 e. The summed E-state index contributed by atoms with van der Waals surface area (Å²) in [5, 5.41) is 12.0. The Balaban J connectivity index is 1.75. The fourth-order valence-corrected chi connectivity index (χ4v) is 3.32. The van der Waals surface area contributed by atoms with Crippen molar-refractivity contribution in [1.82, 2.24) is 14.9 Å². The van der Waals surface area contributed by atoms with E-state index in [0.29, 0.717) is 18.7 Å². The standard InChI is InChI=1S/C15H17N3O3S/c1-9-17-13(8-22-9)11-5-12(16-6-11)14(19)18-4-2-3-10(7-18)15(20)21/h5-6,8,10,16H,2-4,7H2,1H3,(H,20,21). The van der Waals surface area contributed by atoms with Crippen molar-refractivity contribution in [3.05, 3.63) is 28.3 Å². The Morgan fingerprint density at radius 3 is 3.00 bits per heavy atom. The predicted octanol–water partition coefficient (Wildman–Crippen LogP) is 2.38. The molecule has 22 heavy (non-hydrogen) atoms. The lowest BCUT2D eigenvalue weighted by Crippen LogP contribution is -2.42. The fraction of sp³-hybridized carbons (Fsp3) is 0.400. The lowest BCUT2D eigenvalue weighted by Gasteiger charge is -2.30. The van der Waals surface area contributed by atoms with Gasteiger partial charge in [0.25, 0.3) is 5.91 Å². The third-order valence-electron chi connectivity index (χ3n) is 3.89. The van der Waals surface area contributed by atoms with Crippen molar-refractivity contribution in [1.29, 1.82) is 0 Å². The quantitative estimate of drug-likeness (QED) is 0.909. The van der Waals surface area contributed by atoms with Crippen molar-refractivity contribution >= 4 is 23.2 Å². The normalized spacial score (nSPS) is 18.4. The predicted molar refractivity (Wildman–Crippen MR) is 82.9 cm³/mol. The molecule has 2 aromatic heterocycles. The molecular weight excluding hydrogens is 302 g/mol. The first kappa shape index (κ1) is 14.8. The summed E-state index contributed by atoms with van der Waals surface area (Å²) in [6.07, 6.45) is 3.12. The Kier molecular flexibility index (Phi) is 3.98. The van der Waals surface area contributed by atoms with Gasteiger partial charge in [0, 0.05) is 30.2 Å². The Hall–Kier alpha value is -2.15. The van der Waals surface area contributed by atoms with Crippen LogP contribution in [0.1, 0.15) is 28.3 Å². The maximum Gasteiger partial charge on any atom is 0.308 e. The van der Waals surface area contributed by atoms with E-state index in [2.05, 4.69) is 9.97 Å². The molecule has 0 spiro atoms. The average Bonchev–Trinajstić information content (AvgIpc) is 3.15. The van der Waals surface area contributed by atoms with E-state index in [1.807, 2.05) is 12.3 Å². The van der Waals surface area contributed by atoms with E-state index in [1.54, 1.807) is 28.5 Å². The number of aromatic nitrogens is 2. The number of carbonyl (C=O) groups excluding carboxylic acids is 1. The number of likely N-dealkylation sites (tertiary alicyclic amines) is 1. The molecule has 2 aromatic rings. The zero-order valence-corrected chi connectivity index (χ0v) is 13.0. The summed E-state index contributed by atoms with van der Waals surface area (Å²) < 4.78 is 0. The van der Waals surface area contributed by atoms with Crippen LogP contribution in [0.5, 0.6) is 0 Å². The number of aliphatic carboxylic acids is 1. The highest BCUT2D eigenvalue weighted by atomic mass is 32.1. The van der Waals surface area contributed by atoms with Gasteiger partial charge in [-0.05, 0) is 25.8 Å². The second kappa shape index (κ2) is 5.92. The van der Waals surface area contributed by atoms with Gasteiger partial charge in [0.05, 0.1) is 16.6 Å². The minimum absolute atomic E-state index is 0.149. The Morgan fingerprint density at radius 1 is 1.50 bits per heavy atom. The van der Waals surface area contributed by atoms with E-state index in [4.69, 9.17) is 5.11 Å². The van der Waals surface area contributed by atoms with E-state index >= 15 is 0 Å². The van der Waals surface area contributed by atoms with Crippen LogP contribution in [0.15, 0.2) is 17.6 Å². The number of rotatable bonds is 3. The molecule has 0 saturated carbocycles. The number of aryl methyl sites for hydroxylation is 1. The second-order valence-electron chi connectivity index (χ2n) is 5.48. The number of hydrogen-bond acceptors (Lipinski definition) is 4. The first-order valence-electron chi connectivity index (χ1n) is 7.17. The lowest BCUT2D eigenvalue weighted by atomic mass is 9.98. The van der Waals surface area contributed by atoms with Crippen LogP contribution in [0.3, 0.4) is 0 Å². The first-order valence-corrected chi connectivity index (χ1v) is 8.05. The molecule has 1 aliphatic rings. The molecule has 1 atom stereocenters. The maximum atomic E-state index is 12.5. The van der Waals surface area contributed by atoms with Gasteiger partial charge in [0.15, 0.2) is 0 Å². The van der Waals surface area contributed by atoms with Gasteiger partial charge in [-0.3, -0.25) is 9.59 Å². The SMILES string of the molecule is Cc1nc(-c2c[nH]c(C(=O)N3CCCC(C(=O)O)C3)c2)cs1. The fourth-order valence-electron chi connectivity index (χ4n) is 2.70. The maximum absolute atomic E-state index is 12.5. The van der Waals surface area contributed by atoms with Crippen LogP contribution < -0.4 is 0 Å². The van der Waals surface area contributed by atoms with Crippen LogP contribution in [0.2, 0.25) is 0 Å². The van der Waals surface area contributed by atoms with Crippen LogP contribution in [-0.2, 0) is 4.79 Å². The summed E-state index contributed by atoms with van der Waals surface area (Å²) in [4.78, 5) is 32.6. The second-order valence-corrected chi connectivity index (χ2v) is 6.54. The minimum atomic E-state index is -0.831. The summed E-state index contributed by atoms with van der Waals surface area (Å²) >= 11 is 1.56. The molecule has 3 rings (SSSR count). The van der Waals surface area contributed by atoms with Gasteiger partial charge in [-0.15, -0.1) is 11.3 Å². The Morgan fingerprint density at radius 2 is 2.32 bits per heavy atom. The largest absolute Gasteiger partial charge is 0.481 e. The van der Waals surface area contributed by atoms with Gasteiger partial charge in [0.2, 0.25) is 0 Å². The van der Waals surface area contributed by atoms with Crippen molar-refractivity contribution in [3.8, 4) is 11.3 Å². The summed E-state index contributed by atoms with van der Waals surface area (Å²) in [7, 11) is 0. The summed E-state index contributed by atoms with van der Waals surface area (Å²) in [6.45, 7) is 2.82. The molecule has 116 valence electrons. The molecule has 0 aromatic carbocycles. The third-order valence-corrected chi connectivity index (χ3v) is 4.66. The molecule has 0 bridgehead atoms. The number of nitrogens with zero attached hydrogens (tertiary/aromatic N) is 2. The van der Waals surface area contributed by atoms with Crippen LogP contribution in [0.25, 0.3) is 11.3 Å². The van der Waals surface area contributed by atoms with Crippen LogP contribution in [0.4, 0.5) is 0 Å². The number of nitrogens with one attached hydrogen (secondary N) is 1. The van der Waals surface area contributed by atoms with E-state index in [9.17, 15) is 9.59 Å². The molecule has 0 radical (unpaired) electrons. The number of amides is 1. The third kappa shape index (κ3) is 2.89. The molecule has 3 heterocycles. The van der Waals surface area contributed by atoms with E-state index in [-0.39, 0.29) is 12.5 Å². The first-order chi connectivity index (χ1) is 10.5. The number of piperidine rings is 1. The van der Waals surface area contributed by atoms with Crippen molar-refractivity contribution in [2.75, 3.05) is 13.1 Å². The molecule has 6 nitrogen and oxygen atoms in total. The molecular formula is C15H17N3O3S. The molecule has 1 amide bonds. The smallest absolute Gasteiger partial charge is 0.308 e. The molecule has 7 heteroatoms. The zero-order chi connectivity index (χ0) is 15.7. The summed E-state index contributed by atoms with van der Waals surface area (Å²) in [6, 6.07) is 1.78. The Bertz CT molecular complexity index is 706. The Labute approximate surface area is 131 Å². The van der Waals surface area contributed by atoms with Crippen molar-refractivity contribution < 1.29 is 14.7 Å². The van der Waals surface area contributed by atoms with Gasteiger partial charge in [0.1, 0.15) is 5.69 Å². The van der Waals surface area contributed by atoms with Gasteiger partial charge in [-0.25, -0.2) is 4.98 Å². The highest BCUT2D eigenvalue weighted by Crippen LogP contribution is 2.24. The monoisotopic (exact) mass is 319 g/mol. The number of aromatic amines is 1. The van der Waals surface area contributed by atoms with Crippen molar-refractivity contribution in [2.45, 2.75) is 19.8 Å². The molecule has 2 N–H and O–H groups in total. The molecule has 0 aliphatic carbocycles.